The summed E-state index contributed by atoms with van der Waals surface area (Å²) in [5.41, 5.74) is 2.80. The van der Waals surface area contributed by atoms with Crippen LogP contribution in [0.4, 0.5) is 15.8 Å². The second-order valence-corrected chi connectivity index (χ2v) is 13.7. The number of carbonyl (C=O) groups excluding carboxylic acids is 1. The fourth-order valence-corrected chi connectivity index (χ4v) is 6.90. The first-order valence-corrected chi connectivity index (χ1v) is 16.5. The molecule has 4 heterocycles. The number of pyridine rings is 3. The maximum absolute atomic E-state index is 15.7. The Labute approximate surface area is 261 Å². The number of anilines is 2. The van der Waals surface area contributed by atoms with Gasteiger partial charge >= 0.3 is 0 Å². The normalized spacial score (nSPS) is 19.2. The zero-order valence-corrected chi connectivity index (χ0v) is 26.5. The van der Waals surface area contributed by atoms with Crippen LogP contribution in [0.25, 0.3) is 22.0 Å². The fourth-order valence-electron chi connectivity index (χ4n) is 6.35. The SMILES string of the molecule is COc1ccc([C@H]2C[C@]3(C2)C(=O)N(C)c2cnc4cc(F)c(-c5cnc(OCCNC(C)C)c(NS(C)(=O)=O)c5)cc4c23)cn1. The van der Waals surface area contributed by atoms with Crippen LogP contribution in [0.1, 0.15) is 43.7 Å². The number of fused-ring (bicyclic) bond motifs is 4. The van der Waals surface area contributed by atoms with E-state index < -0.39 is 21.3 Å². The van der Waals surface area contributed by atoms with E-state index in [0.29, 0.717) is 47.4 Å². The van der Waals surface area contributed by atoms with E-state index >= 15 is 4.39 Å². The molecule has 1 saturated carbocycles. The van der Waals surface area contributed by atoms with Crippen LogP contribution in [0.15, 0.2) is 48.9 Å². The molecule has 236 valence electrons. The van der Waals surface area contributed by atoms with Crippen molar-refractivity contribution >= 4 is 38.2 Å². The molecule has 0 bridgehead atoms. The van der Waals surface area contributed by atoms with Gasteiger partial charge in [0.05, 0.1) is 36.2 Å². The van der Waals surface area contributed by atoms with Gasteiger partial charge in [-0.2, -0.15) is 0 Å². The van der Waals surface area contributed by atoms with Crippen LogP contribution >= 0.6 is 0 Å². The lowest BCUT2D eigenvalue weighted by Gasteiger charge is -2.44. The van der Waals surface area contributed by atoms with E-state index in [-0.39, 0.29) is 41.6 Å². The van der Waals surface area contributed by atoms with E-state index in [1.807, 2.05) is 26.0 Å². The Morgan fingerprint density at radius 3 is 2.56 bits per heavy atom. The molecule has 1 amide bonds. The minimum atomic E-state index is -3.69. The van der Waals surface area contributed by atoms with Crippen molar-refractivity contribution in [3.05, 3.63) is 65.9 Å². The predicted octanol–water partition coefficient (Wildman–Crippen LogP) is 4.38. The second kappa shape index (κ2) is 11.5. The molecule has 4 aromatic rings. The van der Waals surface area contributed by atoms with Crippen molar-refractivity contribution in [2.75, 3.05) is 43.2 Å². The van der Waals surface area contributed by atoms with Gasteiger partial charge in [0.2, 0.25) is 27.7 Å². The number of nitrogens with zero attached hydrogens (tertiary/aromatic N) is 4. The van der Waals surface area contributed by atoms with Crippen LogP contribution in [0, 0.1) is 5.82 Å². The fraction of sp³-hybridized carbons (Fsp3) is 0.375. The molecule has 0 atom stereocenters. The molecule has 1 aromatic carbocycles. The van der Waals surface area contributed by atoms with Crippen molar-refractivity contribution < 1.29 is 27.1 Å². The first-order chi connectivity index (χ1) is 21.4. The molecule has 6 rings (SSSR count). The van der Waals surface area contributed by atoms with E-state index in [1.54, 1.807) is 37.5 Å². The van der Waals surface area contributed by atoms with Crippen LogP contribution in [0.2, 0.25) is 0 Å². The van der Waals surface area contributed by atoms with Gasteiger partial charge in [-0.1, -0.05) is 19.9 Å². The minimum absolute atomic E-state index is 0.0230. The lowest BCUT2D eigenvalue weighted by Crippen LogP contribution is -2.47. The highest BCUT2D eigenvalue weighted by atomic mass is 32.2. The van der Waals surface area contributed by atoms with Gasteiger partial charge in [0.15, 0.2) is 0 Å². The number of aromatic nitrogens is 3. The number of likely N-dealkylation sites (N-methyl/N-ethyl adjacent to an activating group) is 1. The smallest absolute Gasteiger partial charge is 0.238 e. The molecule has 1 spiro atoms. The Hall–Kier alpha value is -4.36. The monoisotopic (exact) mass is 634 g/mol. The largest absolute Gasteiger partial charge is 0.481 e. The van der Waals surface area contributed by atoms with Gasteiger partial charge in [0.1, 0.15) is 18.1 Å². The first kappa shape index (κ1) is 30.7. The quantitative estimate of drug-likeness (QED) is 0.244. The number of hydrogen-bond donors (Lipinski definition) is 2. The molecule has 13 heteroatoms. The van der Waals surface area contributed by atoms with E-state index in [1.165, 1.54) is 18.3 Å². The molecule has 1 fully saturated rings. The van der Waals surface area contributed by atoms with E-state index in [0.717, 1.165) is 17.4 Å². The number of halogens is 1. The third-order valence-electron chi connectivity index (χ3n) is 8.47. The minimum Gasteiger partial charge on any atom is -0.481 e. The van der Waals surface area contributed by atoms with Crippen LogP contribution in [0.3, 0.4) is 0 Å². The number of sulfonamides is 1. The molecule has 0 unspecified atom stereocenters. The summed E-state index contributed by atoms with van der Waals surface area (Å²) < 4.78 is 53.5. The molecule has 0 radical (unpaired) electrons. The lowest BCUT2D eigenvalue weighted by molar-refractivity contribution is -0.126. The number of benzene rings is 1. The Morgan fingerprint density at radius 2 is 1.89 bits per heavy atom. The third-order valence-corrected chi connectivity index (χ3v) is 9.06. The Kier molecular flexibility index (Phi) is 7.86. The van der Waals surface area contributed by atoms with Crippen molar-refractivity contribution in [3.8, 4) is 22.9 Å². The molecular weight excluding hydrogens is 599 g/mol. The first-order valence-electron chi connectivity index (χ1n) is 14.7. The maximum atomic E-state index is 15.7. The number of rotatable bonds is 10. The predicted molar refractivity (Wildman–Crippen MR) is 170 cm³/mol. The van der Waals surface area contributed by atoms with Gasteiger partial charge < -0.3 is 19.7 Å². The van der Waals surface area contributed by atoms with Gasteiger partial charge in [-0.25, -0.2) is 22.8 Å². The van der Waals surface area contributed by atoms with Crippen molar-refractivity contribution in [2.24, 2.45) is 0 Å². The second-order valence-electron chi connectivity index (χ2n) is 12.0. The van der Waals surface area contributed by atoms with Gasteiger partial charge in [0, 0.05) is 66.2 Å². The number of carbonyl (C=O) groups is 1. The topological polar surface area (TPSA) is 136 Å². The summed E-state index contributed by atoms with van der Waals surface area (Å²) in [4.78, 5) is 28.6. The Bertz CT molecular complexity index is 1890. The van der Waals surface area contributed by atoms with Crippen LogP contribution in [0.5, 0.6) is 11.8 Å². The standard InChI is InChI=1S/C32H35FN6O5S/c1-18(2)34-8-9-44-30-26(38-45(5,41)42)10-20(16-37-30)22-11-23-25(12-24(22)33)35-17-27-29(23)32(31(40)39(27)3)13-21(14-32)19-6-7-28(43-4)36-15-19/h6-7,10-12,15-18,21,34,38H,8-9,13-14H2,1-5H3/t21-,32+. The number of nitrogens with one attached hydrogen (secondary N) is 2. The highest BCUT2D eigenvalue weighted by molar-refractivity contribution is 7.92. The highest BCUT2D eigenvalue weighted by Gasteiger charge is 2.58. The molecule has 1 aliphatic heterocycles. The molecule has 45 heavy (non-hydrogen) atoms. The molecule has 0 saturated heterocycles. The summed E-state index contributed by atoms with van der Waals surface area (Å²) >= 11 is 0. The van der Waals surface area contributed by atoms with Crippen molar-refractivity contribution in [1.29, 1.82) is 0 Å². The molecule has 3 aromatic heterocycles. The van der Waals surface area contributed by atoms with E-state index in [4.69, 9.17) is 9.47 Å². The zero-order valence-electron chi connectivity index (χ0n) is 25.7. The lowest BCUT2D eigenvalue weighted by atomic mass is 9.57. The Morgan fingerprint density at radius 1 is 1.11 bits per heavy atom. The van der Waals surface area contributed by atoms with Gasteiger partial charge in [-0.05, 0) is 36.5 Å². The number of methoxy groups -OCH3 is 1. The molecule has 2 N–H and O–H groups in total. The Balaban J connectivity index is 1.39. The van der Waals surface area contributed by atoms with Crippen molar-refractivity contribution in [3.63, 3.8) is 0 Å². The van der Waals surface area contributed by atoms with Crippen LogP contribution < -0.4 is 24.4 Å². The summed E-state index contributed by atoms with van der Waals surface area (Å²) in [5, 5.41) is 3.88. The maximum Gasteiger partial charge on any atom is 0.238 e. The van der Waals surface area contributed by atoms with Crippen LogP contribution in [-0.4, -0.2) is 68.9 Å². The molecule has 11 nitrogen and oxygen atoms in total. The van der Waals surface area contributed by atoms with Gasteiger partial charge in [0.25, 0.3) is 0 Å². The van der Waals surface area contributed by atoms with E-state index in [2.05, 4.69) is 25.0 Å². The van der Waals surface area contributed by atoms with Gasteiger partial charge in [-0.3, -0.25) is 14.5 Å². The summed E-state index contributed by atoms with van der Waals surface area (Å²) in [6, 6.07) is 8.56. The van der Waals surface area contributed by atoms with E-state index in [9.17, 15) is 13.2 Å². The summed E-state index contributed by atoms with van der Waals surface area (Å²) in [5.74, 6) is 0.142. The van der Waals surface area contributed by atoms with Crippen molar-refractivity contribution in [2.45, 2.75) is 44.1 Å². The number of amides is 1. The molecule has 2 aliphatic rings. The highest BCUT2D eigenvalue weighted by Crippen LogP contribution is 2.60. The third kappa shape index (κ3) is 5.66. The molecular formula is C32H35FN6O5S. The number of ether oxygens (including phenoxy) is 2. The number of hydrogen-bond acceptors (Lipinski definition) is 9. The average Bonchev–Trinajstić information content (AvgIpc) is 3.20. The van der Waals surface area contributed by atoms with Crippen LogP contribution in [-0.2, 0) is 20.2 Å². The summed E-state index contributed by atoms with van der Waals surface area (Å²) in [6.07, 6.45) is 7.03. The summed E-state index contributed by atoms with van der Waals surface area (Å²) in [7, 11) is -0.396. The summed E-state index contributed by atoms with van der Waals surface area (Å²) in [6.45, 7) is 4.79. The average molecular weight is 635 g/mol. The zero-order chi connectivity index (χ0) is 32.1. The van der Waals surface area contributed by atoms with Gasteiger partial charge in [-0.15, -0.1) is 0 Å². The molecule has 1 aliphatic carbocycles. The van der Waals surface area contributed by atoms with Crippen molar-refractivity contribution in [1.82, 2.24) is 20.3 Å².